The summed E-state index contributed by atoms with van der Waals surface area (Å²) in [4.78, 5) is 16.1. The molecular weight excluding hydrogens is 338 g/mol. The van der Waals surface area contributed by atoms with Gasteiger partial charge in [-0.25, -0.2) is 0 Å². The minimum atomic E-state index is -0.746. The van der Waals surface area contributed by atoms with Crippen LogP contribution in [-0.4, -0.2) is 43.1 Å². The van der Waals surface area contributed by atoms with Crippen molar-refractivity contribution < 1.29 is 23.7 Å². The van der Waals surface area contributed by atoms with Gasteiger partial charge in [0.25, 0.3) is 0 Å². The molecule has 0 bridgehead atoms. The number of aromatic nitrogens is 1. The maximum absolute atomic E-state index is 12.1. The van der Waals surface area contributed by atoms with E-state index in [0.29, 0.717) is 28.7 Å². The quantitative estimate of drug-likeness (QED) is 0.817. The van der Waals surface area contributed by atoms with Crippen LogP contribution in [0.25, 0.3) is 0 Å². The van der Waals surface area contributed by atoms with Crippen molar-refractivity contribution in [1.82, 2.24) is 9.99 Å². The molecule has 0 spiro atoms. The first kappa shape index (κ1) is 17.5. The second kappa shape index (κ2) is 7.30. The summed E-state index contributed by atoms with van der Waals surface area (Å²) in [7, 11) is 4.58. The number of carbonyl (C=O) groups is 1. The van der Waals surface area contributed by atoms with E-state index in [2.05, 4.69) is 10.1 Å². The Balaban J connectivity index is 2.02. The fraction of sp³-hybridized carbons (Fsp3) is 0.278. The zero-order valence-electron chi connectivity index (χ0n) is 14.9. The van der Waals surface area contributed by atoms with E-state index in [4.69, 9.17) is 18.9 Å². The van der Waals surface area contributed by atoms with E-state index in [1.165, 1.54) is 33.3 Å². The van der Waals surface area contributed by atoms with Crippen LogP contribution < -0.4 is 14.2 Å². The van der Waals surface area contributed by atoms with Crippen LogP contribution in [0.5, 0.6) is 17.2 Å². The Morgan fingerprint density at radius 3 is 2.19 bits per heavy atom. The van der Waals surface area contributed by atoms with Crippen molar-refractivity contribution >= 4 is 11.8 Å². The number of rotatable bonds is 5. The summed E-state index contributed by atoms with van der Waals surface area (Å²) in [6.45, 7) is 1.42. The lowest BCUT2D eigenvalue weighted by molar-refractivity contribution is -0.135. The van der Waals surface area contributed by atoms with Crippen LogP contribution in [0.2, 0.25) is 0 Å². The molecule has 1 atom stereocenters. The molecule has 26 heavy (non-hydrogen) atoms. The minimum absolute atomic E-state index is 0.257. The summed E-state index contributed by atoms with van der Waals surface area (Å²) in [5.41, 5.74) is 1.36. The number of ether oxygens (including phenoxy) is 4. The van der Waals surface area contributed by atoms with E-state index in [9.17, 15) is 4.79 Å². The third-order valence-corrected chi connectivity index (χ3v) is 3.87. The fourth-order valence-electron chi connectivity index (χ4n) is 2.64. The second-order valence-electron chi connectivity index (χ2n) is 5.43. The molecule has 1 aromatic heterocycles. The van der Waals surface area contributed by atoms with Crippen molar-refractivity contribution in [3.63, 3.8) is 0 Å². The topological polar surface area (TPSA) is 82.5 Å². The van der Waals surface area contributed by atoms with Gasteiger partial charge in [-0.2, -0.15) is 5.01 Å². The molecule has 8 heteroatoms. The van der Waals surface area contributed by atoms with E-state index in [1.54, 1.807) is 36.7 Å². The molecule has 0 saturated heterocycles. The number of pyridine rings is 1. The minimum Gasteiger partial charge on any atom is -0.493 e. The lowest BCUT2D eigenvalue weighted by atomic mass is 10.1. The smallest absolute Gasteiger partial charge is 0.243 e. The van der Waals surface area contributed by atoms with Gasteiger partial charge in [0.1, 0.15) is 0 Å². The van der Waals surface area contributed by atoms with E-state index in [1.807, 2.05) is 0 Å². The van der Waals surface area contributed by atoms with Gasteiger partial charge in [0.05, 0.1) is 21.3 Å². The monoisotopic (exact) mass is 357 g/mol. The van der Waals surface area contributed by atoms with Crippen molar-refractivity contribution in [3.8, 4) is 17.2 Å². The maximum Gasteiger partial charge on any atom is 0.243 e. The molecule has 1 aromatic carbocycles. The molecule has 2 heterocycles. The second-order valence-corrected chi connectivity index (χ2v) is 5.43. The Morgan fingerprint density at radius 2 is 1.69 bits per heavy atom. The summed E-state index contributed by atoms with van der Waals surface area (Å²) >= 11 is 0. The van der Waals surface area contributed by atoms with Gasteiger partial charge in [-0.1, -0.05) is 0 Å². The van der Waals surface area contributed by atoms with Gasteiger partial charge in [0.2, 0.25) is 23.8 Å². The van der Waals surface area contributed by atoms with Crippen molar-refractivity contribution in [3.05, 3.63) is 47.8 Å². The highest BCUT2D eigenvalue weighted by molar-refractivity contribution is 5.96. The molecule has 0 aliphatic carbocycles. The van der Waals surface area contributed by atoms with Gasteiger partial charge in [-0.15, -0.1) is 5.10 Å². The lowest BCUT2D eigenvalue weighted by Gasteiger charge is -2.21. The molecule has 0 fully saturated rings. The van der Waals surface area contributed by atoms with Crippen molar-refractivity contribution in [1.29, 1.82) is 0 Å². The van der Waals surface area contributed by atoms with Crippen molar-refractivity contribution in [2.75, 3.05) is 21.3 Å². The maximum atomic E-state index is 12.1. The van der Waals surface area contributed by atoms with E-state index in [0.717, 1.165) is 5.56 Å². The summed E-state index contributed by atoms with van der Waals surface area (Å²) < 4.78 is 22.0. The summed E-state index contributed by atoms with van der Waals surface area (Å²) in [6.07, 6.45) is 2.52. The van der Waals surface area contributed by atoms with Crippen LogP contribution in [-0.2, 0) is 9.53 Å². The van der Waals surface area contributed by atoms with Gasteiger partial charge in [-0.3, -0.25) is 9.78 Å². The third-order valence-electron chi connectivity index (χ3n) is 3.87. The predicted octanol–water partition coefficient (Wildman–Crippen LogP) is 2.35. The summed E-state index contributed by atoms with van der Waals surface area (Å²) in [5.74, 6) is 1.47. The zero-order valence-corrected chi connectivity index (χ0v) is 14.9. The highest BCUT2D eigenvalue weighted by Crippen LogP contribution is 2.42. The van der Waals surface area contributed by atoms with Crippen LogP contribution in [0.4, 0.5) is 0 Å². The predicted molar refractivity (Wildman–Crippen MR) is 93.2 cm³/mol. The van der Waals surface area contributed by atoms with Crippen LogP contribution in [0, 0.1) is 0 Å². The zero-order chi connectivity index (χ0) is 18.7. The van der Waals surface area contributed by atoms with E-state index < -0.39 is 6.23 Å². The Bertz CT molecular complexity index is 813. The van der Waals surface area contributed by atoms with Gasteiger partial charge in [0.15, 0.2) is 11.5 Å². The number of amides is 1. The average Bonchev–Trinajstić information content (AvgIpc) is 3.13. The summed E-state index contributed by atoms with van der Waals surface area (Å²) in [6, 6.07) is 6.98. The Labute approximate surface area is 150 Å². The number of hydrogen-bond acceptors (Lipinski definition) is 7. The van der Waals surface area contributed by atoms with Crippen LogP contribution in [0.1, 0.15) is 24.3 Å². The largest absolute Gasteiger partial charge is 0.493 e. The third kappa shape index (κ3) is 3.13. The van der Waals surface area contributed by atoms with Gasteiger partial charge in [0, 0.05) is 30.4 Å². The normalized spacial score (nSPS) is 15.9. The van der Waals surface area contributed by atoms with Crippen LogP contribution >= 0.6 is 0 Å². The number of benzene rings is 1. The molecule has 0 saturated carbocycles. The summed E-state index contributed by atoms with van der Waals surface area (Å²) in [5, 5.41) is 5.58. The first-order chi connectivity index (χ1) is 12.6. The number of hydrazone groups is 1. The molecule has 2 aromatic rings. The number of methoxy groups -OCH3 is 3. The van der Waals surface area contributed by atoms with E-state index >= 15 is 0 Å². The van der Waals surface area contributed by atoms with Gasteiger partial charge in [-0.05, 0) is 24.3 Å². The molecule has 8 nitrogen and oxygen atoms in total. The molecule has 3 rings (SSSR count). The van der Waals surface area contributed by atoms with Crippen molar-refractivity contribution in [2.45, 2.75) is 13.2 Å². The molecule has 136 valence electrons. The standard InChI is InChI=1S/C18H19N3O5/c1-11(22)21-18(26-17(20-21)12-5-7-19-8-6-12)13-9-14(23-2)16(25-4)15(10-13)24-3/h5-10,18H,1-4H3. The molecule has 0 N–H and O–H groups in total. The average molecular weight is 357 g/mol. The SMILES string of the molecule is COc1cc(C2OC(c3ccncc3)=NN2C(C)=O)cc(OC)c1OC. The number of hydrogen-bond donors (Lipinski definition) is 0. The molecule has 0 radical (unpaired) electrons. The molecule has 1 amide bonds. The Morgan fingerprint density at radius 1 is 1.08 bits per heavy atom. The van der Waals surface area contributed by atoms with Crippen molar-refractivity contribution in [2.24, 2.45) is 5.10 Å². The Hall–Kier alpha value is -3.29. The first-order valence-electron chi connectivity index (χ1n) is 7.84. The highest BCUT2D eigenvalue weighted by atomic mass is 16.5. The number of nitrogens with zero attached hydrogens (tertiary/aromatic N) is 3. The first-order valence-corrected chi connectivity index (χ1v) is 7.84. The molecule has 1 aliphatic rings. The van der Waals surface area contributed by atoms with Gasteiger partial charge < -0.3 is 18.9 Å². The van der Waals surface area contributed by atoms with E-state index in [-0.39, 0.29) is 5.91 Å². The van der Waals surface area contributed by atoms with Gasteiger partial charge >= 0.3 is 0 Å². The Kier molecular flexibility index (Phi) is 4.92. The van der Waals surface area contributed by atoms with Crippen LogP contribution in [0.3, 0.4) is 0 Å². The molecular formula is C18H19N3O5. The highest BCUT2D eigenvalue weighted by Gasteiger charge is 2.34. The molecule has 1 unspecified atom stereocenters. The lowest BCUT2D eigenvalue weighted by Crippen LogP contribution is -2.25. The van der Waals surface area contributed by atoms with Crippen LogP contribution in [0.15, 0.2) is 41.8 Å². The number of carbonyl (C=O) groups excluding carboxylic acids is 1. The fourth-order valence-corrected chi connectivity index (χ4v) is 2.64. The molecule has 1 aliphatic heterocycles.